The molecule has 1 aliphatic rings. The zero-order chi connectivity index (χ0) is 35.0. The zero-order valence-electron chi connectivity index (χ0n) is 31.4. The number of nitrogens with zero attached hydrogens (tertiary/aromatic N) is 3. The molecule has 3 nitrogen and oxygen atoms in total. The van der Waals surface area contributed by atoms with Crippen LogP contribution in [0.25, 0.3) is 21.8 Å². The maximum atomic E-state index is 4.52. The third-order valence-corrected chi connectivity index (χ3v) is 10.2. The predicted molar refractivity (Wildman–Crippen MR) is 212 cm³/mol. The zero-order valence-corrected chi connectivity index (χ0v) is 33.6. The minimum atomic E-state index is -0.202. The summed E-state index contributed by atoms with van der Waals surface area (Å²) < 4.78 is 0. The monoisotopic (exact) mass is 844 g/mol. The Morgan fingerprint density at radius 2 is 0.900 bits per heavy atom. The van der Waals surface area contributed by atoms with Gasteiger partial charge in [-0.3, -0.25) is 0 Å². The van der Waals surface area contributed by atoms with Gasteiger partial charge in [0.25, 0.3) is 0 Å². The summed E-state index contributed by atoms with van der Waals surface area (Å²) in [5.41, 5.74) is 12.9. The summed E-state index contributed by atoms with van der Waals surface area (Å²) >= 11 is 0. The van der Waals surface area contributed by atoms with Gasteiger partial charge >= 0.3 is 0 Å². The number of fused-ring (bicyclic) bond motifs is 4. The van der Waals surface area contributed by atoms with Crippen LogP contribution in [-0.4, -0.2) is 0 Å². The molecule has 0 spiro atoms. The largest absolute Gasteiger partial charge is 0.657 e. The molecule has 6 aromatic rings. The van der Waals surface area contributed by atoms with Crippen molar-refractivity contribution in [3.8, 4) is 0 Å². The molecule has 0 saturated heterocycles. The van der Waals surface area contributed by atoms with Gasteiger partial charge in [0.05, 0.1) is 0 Å². The maximum Gasteiger partial charge on any atom is 0.0351 e. The first-order valence-electron chi connectivity index (χ1n) is 18.1. The smallest absolute Gasteiger partial charge is 0.0351 e. The van der Waals surface area contributed by atoms with E-state index in [2.05, 4.69) is 188 Å². The molecule has 4 heteroatoms. The number of aromatic nitrogens is 1. The van der Waals surface area contributed by atoms with Crippen LogP contribution < -0.4 is 14.8 Å². The van der Waals surface area contributed by atoms with Crippen LogP contribution in [-0.2, 0) is 27.9 Å². The fourth-order valence-corrected chi connectivity index (χ4v) is 7.48. The SMILES string of the molecule is CC(C)c1cccc(C(C)C)c1N1[CH-]N(c2c(C(C)C)cccc2C(C)C)C(C)(C)c2ccccc21.[Au].c1ccc2c(c1)[n-]c1ccccc12. The molecule has 0 bridgehead atoms. The van der Waals surface area contributed by atoms with Crippen LogP contribution in [0.15, 0.2) is 109 Å². The van der Waals surface area contributed by atoms with E-state index in [1.54, 1.807) is 0 Å². The Hall–Kier alpha value is -3.76. The first-order valence-corrected chi connectivity index (χ1v) is 18.1. The molecular formula is C46H53AuN3-2. The molecule has 0 amide bonds. The van der Waals surface area contributed by atoms with E-state index in [4.69, 9.17) is 0 Å². The van der Waals surface area contributed by atoms with Gasteiger partial charge in [0, 0.05) is 45.0 Å². The van der Waals surface area contributed by atoms with Crippen LogP contribution in [0.3, 0.4) is 0 Å². The van der Waals surface area contributed by atoms with Crippen molar-refractivity contribution in [2.45, 2.75) is 98.4 Å². The third kappa shape index (κ3) is 6.93. The fourth-order valence-electron chi connectivity index (χ4n) is 7.48. The van der Waals surface area contributed by atoms with Crippen LogP contribution in [0.5, 0.6) is 0 Å². The Morgan fingerprint density at radius 3 is 1.36 bits per heavy atom. The van der Waals surface area contributed by atoms with Crippen molar-refractivity contribution in [2.75, 3.05) is 9.80 Å². The van der Waals surface area contributed by atoms with Crippen LogP contribution in [0.1, 0.15) is 121 Å². The standard InChI is InChI=1S/C34H45N2.C12H8N.Au/c1-22(2)26-15-13-16-27(23(3)4)32(26)35-21-36(34(9,10)30-19-11-12-20-31(30)35)33-28(24(5)6)17-14-18-29(33)25(7)8;1-3-7-11-9(5-1)10-6-2-4-8-12(10)13-11;/h11-25H,1-10H3;1-8H;/q2*-1;. The molecule has 0 aliphatic carbocycles. The van der Waals surface area contributed by atoms with E-state index in [1.807, 2.05) is 12.1 Å². The Bertz CT molecular complexity index is 1960. The molecule has 5 aromatic carbocycles. The summed E-state index contributed by atoms with van der Waals surface area (Å²) in [6.45, 7) is 25.7. The molecule has 1 aromatic heterocycles. The first-order chi connectivity index (χ1) is 23.4. The van der Waals surface area contributed by atoms with Gasteiger partial charge in [0.1, 0.15) is 0 Å². The van der Waals surface area contributed by atoms with Crippen LogP contribution in [0.4, 0.5) is 17.1 Å². The van der Waals surface area contributed by atoms with Gasteiger partial charge in [-0.05, 0) is 82.2 Å². The van der Waals surface area contributed by atoms with Crippen molar-refractivity contribution in [2.24, 2.45) is 0 Å². The molecule has 7 rings (SSSR count). The molecule has 1 aliphatic heterocycles. The number of para-hydroxylation sites is 5. The summed E-state index contributed by atoms with van der Waals surface area (Å²) in [5.74, 6) is 1.72. The number of hydrogen-bond donors (Lipinski definition) is 0. The van der Waals surface area contributed by atoms with E-state index < -0.39 is 0 Å². The average Bonchev–Trinajstić information content (AvgIpc) is 3.47. The summed E-state index contributed by atoms with van der Waals surface area (Å²) in [6.07, 6.45) is 0. The molecule has 1 radical (unpaired) electrons. The van der Waals surface area contributed by atoms with E-state index in [0.29, 0.717) is 23.7 Å². The second kappa shape index (κ2) is 15.2. The van der Waals surface area contributed by atoms with Crippen LogP contribution >= 0.6 is 0 Å². The molecule has 0 saturated carbocycles. The number of rotatable bonds is 6. The third-order valence-electron chi connectivity index (χ3n) is 10.2. The minimum absolute atomic E-state index is 0. The van der Waals surface area contributed by atoms with E-state index >= 15 is 0 Å². The minimum Gasteiger partial charge on any atom is -0.657 e. The maximum absolute atomic E-state index is 4.52. The average molecular weight is 845 g/mol. The van der Waals surface area contributed by atoms with Gasteiger partial charge in [0.2, 0.25) is 0 Å². The Labute approximate surface area is 316 Å². The van der Waals surface area contributed by atoms with Crippen molar-refractivity contribution in [3.05, 3.63) is 144 Å². The summed E-state index contributed by atoms with van der Waals surface area (Å²) in [6, 6.07) is 39.2. The molecule has 0 atom stereocenters. The van der Waals surface area contributed by atoms with Gasteiger partial charge in [-0.15, -0.1) is 17.7 Å². The Kier molecular flexibility index (Phi) is 11.4. The predicted octanol–water partition coefficient (Wildman–Crippen LogP) is 13.1. The van der Waals surface area contributed by atoms with E-state index in [9.17, 15) is 0 Å². The summed E-state index contributed by atoms with van der Waals surface area (Å²) in [7, 11) is 0. The van der Waals surface area contributed by atoms with Crippen molar-refractivity contribution >= 4 is 38.9 Å². The topological polar surface area (TPSA) is 20.6 Å². The Balaban J connectivity index is 0.000000287. The fraction of sp³-hybridized carbons (Fsp3) is 0.326. The second-order valence-corrected chi connectivity index (χ2v) is 15.3. The summed E-state index contributed by atoms with van der Waals surface area (Å²) in [5, 5.41) is 2.50. The van der Waals surface area contributed by atoms with E-state index in [0.717, 1.165) is 11.0 Å². The molecule has 2 heterocycles. The molecule has 0 unspecified atom stereocenters. The molecule has 50 heavy (non-hydrogen) atoms. The van der Waals surface area contributed by atoms with Crippen molar-refractivity contribution in [1.29, 1.82) is 0 Å². The van der Waals surface area contributed by atoms with Gasteiger partial charge in [-0.2, -0.15) is 0 Å². The normalized spacial score (nSPS) is 14.0. The first kappa shape index (κ1) is 37.5. The van der Waals surface area contributed by atoms with E-state index in [-0.39, 0.29) is 27.9 Å². The van der Waals surface area contributed by atoms with Crippen LogP contribution in [0, 0.1) is 6.67 Å². The van der Waals surface area contributed by atoms with Crippen molar-refractivity contribution < 1.29 is 22.4 Å². The van der Waals surface area contributed by atoms with E-state index in [1.165, 1.54) is 55.7 Å². The number of benzene rings is 5. The molecule has 0 fully saturated rings. The van der Waals surface area contributed by atoms with Gasteiger partial charge in [-0.25, -0.2) is 0 Å². The van der Waals surface area contributed by atoms with Gasteiger partial charge in [-0.1, -0.05) is 159 Å². The Morgan fingerprint density at radius 1 is 0.500 bits per heavy atom. The van der Waals surface area contributed by atoms with Crippen molar-refractivity contribution in [1.82, 2.24) is 4.98 Å². The quantitative estimate of drug-likeness (QED) is 0.123. The van der Waals surface area contributed by atoms with Gasteiger partial charge in [0.15, 0.2) is 0 Å². The second-order valence-electron chi connectivity index (χ2n) is 15.3. The van der Waals surface area contributed by atoms with Crippen molar-refractivity contribution in [3.63, 3.8) is 0 Å². The number of hydrogen-bond acceptors (Lipinski definition) is 2. The molecular weight excluding hydrogens is 791 g/mol. The molecule has 265 valence electrons. The van der Waals surface area contributed by atoms with Crippen LogP contribution in [0.2, 0.25) is 0 Å². The molecule has 0 N–H and O–H groups in total. The number of anilines is 3. The van der Waals surface area contributed by atoms with Gasteiger partial charge < -0.3 is 14.8 Å². The summed E-state index contributed by atoms with van der Waals surface area (Å²) in [4.78, 5) is 9.58.